The number of amides is 2. The van der Waals surface area contributed by atoms with E-state index in [0.29, 0.717) is 31.8 Å². The molecule has 0 bridgehead atoms. The Morgan fingerprint density at radius 3 is 2.33 bits per heavy atom. The zero-order valence-corrected chi connectivity index (χ0v) is 18.6. The molecule has 3 aromatic rings. The zero-order chi connectivity index (χ0) is 22.4. The van der Waals surface area contributed by atoms with Gasteiger partial charge in [0.25, 0.3) is 5.91 Å². The number of carbonyl (C=O) groups excluding carboxylic acids is 2. The van der Waals surface area contributed by atoms with Crippen molar-refractivity contribution in [2.24, 2.45) is 5.92 Å². The van der Waals surface area contributed by atoms with Crippen LogP contribution in [0, 0.1) is 5.92 Å². The molecule has 0 spiro atoms. The molecular formula is C26H27N5O2. The second-order valence-corrected chi connectivity index (χ2v) is 9.25. The number of para-hydroxylation sites is 2. The second-order valence-electron chi connectivity index (χ2n) is 9.25. The van der Waals surface area contributed by atoms with Gasteiger partial charge in [0, 0.05) is 37.2 Å². The first kappa shape index (κ1) is 20.1. The van der Waals surface area contributed by atoms with E-state index in [9.17, 15) is 9.59 Å². The van der Waals surface area contributed by atoms with Gasteiger partial charge in [0.1, 0.15) is 5.82 Å². The molecule has 0 radical (unpaired) electrons. The average molecular weight is 442 g/mol. The molecule has 1 aliphatic carbocycles. The van der Waals surface area contributed by atoms with Gasteiger partial charge in [-0.15, -0.1) is 5.10 Å². The highest BCUT2D eigenvalue weighted by molar-refractivity contribution is 5.97. The SMILES string of the molecule is O=C(c1nc(C2CC2)n(-c2ccccc2)n1)N1CCC(C(=O)N2CCc3ccccc32)CC1. The molecule has 0 atom stereocenters. The lowest BCUT2D eigenvalue weighted by Crippen LogP contribution is -2.44. The molecule has 0 N–H and O–H groups in total. The molecule has 0 unspecified atom stereocenters. The van der Waals surface area contributed by atoms with Gasteiger partial charge in [0.2, 0.25) is 11.7 Å². The number of rotatable bonds is 4. The fourth-order valence-electron chi connectivity index (χ4n) is 5.04. The largest absolute Gasteiger partial charge is 0.336 e. The summed E-state index contributed by atoms with van der Waals surface area (Å²) >= 11 is 0. The van der Waals surface area contributed by atoms with Gasteiger partial charge in [0.05, 0.1) is 5.69 Å². The van der Waals surface area contributed by atoms with E-state index in [2.05, 4.69) is 16.1 Å². The van der Waals surface area contributed by atoms with E-state index in [1.54, 1.807) is 0 Å². The molecule has 2 amide bonds. The van der Waals surface area contributed by atoms with Gasteiger partial charge in [-0.2, -0.15) is 0 Å². The van der Waals surface area contributed by atoms with Crippen molar-refractivity contribution < 1.29 is 9.59 Å². The first-order valence-corrected chi connectivity index (χ1v) is 11.9. The van der Waals surface area contributed by atoms with Crippen LogP contribution in [0.2, 0.25) is 0 Å². The fraction of sp³-hybridized carbons (Fsp3) is 0.385. The maximum Gasteiger partial charge on any atom is 0.293 e. The highest BCUT2D eigenvalue weighted by Crippen LogP contribution is 2.40. The van der Waals surface area contributed by atoms with E-state index >= 15 is 0 Å². The highest BCUT2D eigenvalue weighted by atomic mass is 16.2. The summed E-state index contributed by atoms with van der Waals surface area (Å²) in [5.41, 5.74) is 3.22. The molecule has 168 valence electrons. The van der Waals surface area contributed by atoms with Crippen molar-refractivity contribution in [1.82, 2.24) is 19.7 Å². The number of piperidine rings is 1. The predicted octanol–water partition coefficient (Wildman–Crippen LogP) is 3.59. The number of aromatic nitrogens is 3. The van der Waals surface area contributed by atoms with E-state index < -0.39 is 0 Å². The molecule has 3 heterocycles. The molecule has 1 saturated heterocycles. The molecule has 7 nitrogen and oxygen atoms in total. The minimum atomic E-state index is -0.135. The Labute approximate surface area is 193 Å². The van der Waals surface area contributed by atoms with Crippen molar-refractivity contribution in [3.63, 3.8) is 0 Å². The van der Waals surface area contributed by atoms with Crippen LogP contribution in [0.25, 0.3) is 5.69 Å². The summed E-state index contributed by atoms with van der Waals surface area (Å²) in [6, 6.07) is 18.0. The van der Waals surface area contributed by atoms with Crippen LogP contribution in [0.5, 0.6) is 0 Å². The van der Waals surface area contributed by atoms with Crippen LogP contribution in [0.15, 0.2) is 54.6 Å². The van der Waals surface area contributed by atoms with Crippen molar-refractivity contribution >= 4 is 17.5 Å². The van der Waals surface area contributed by atoms with Crippen LogP contribution in [0.3, 0.4) is 0 Å². The second kappa shape index (κ2) is 8.14. The van der Waals surface area contributed by atoms with Crippen LogP contribution in [0.4, 0.5) is 5.69 Å². The van der Waals surface area contributed by atoms with E-state index in [1.807, 2.05) is 63.0 Å². The monoisotopic (exact) mass is 441 g/mol. The summed E-state index contributed by atoms with van der Waals surface area (Å²) in [4.78, 5) is 34.8. The van der Waals surface area contributed by atoms with E-state index in [4.69, 9.17) is 0 Å². The van der Waals surface area contributed by atoms with Crippen LogP contribution < -0.4 is 4.90 Å². The van der Waals surface area contributed by atoms with Crippen LogP contribution >= 0.6 is 0 Å². The number of hydrogen-bond acceptors (Lipinski definition) is 4. The minimum Gasteiger partial charge on any atom is -0.336 e. The quantitative estimate of drug-likeness (QED) is 0.620. The van der Waals surface area contributed by atoms with E-state index in [1.165, 1.54) is 5.56 Å². The molecule has 2 aromatic carbocycles. The van der Waals surface area contributed by atoms with Crippen molar-refractivity contribution in [3.8, 4) is 5.69 Å². The average Bonchev–Trinajstić information content (AvgIpc) is 3.47. The van der Waals surface area contributed by atoms with Crippen molar-refractivity contribution in [1.29, 1.82) is 0 Å². The molecule has 1 saturated carbocycles. The predicted molar refractivity (Wildman–Crippen MR) is 124 cm³/mol. The van der Waals surface area contributed by atoms with Crippen molar-refractivity contribution in [2.45, 2.75) is 38.0 Å². The number of fused-ring (bicyclic) bond motifs is 1. The number of hydrogen-bond donors (Lipinski definition) is 0. The normalized spacial score (nSPS) is 18.4. The molecule has 33 heavy (non-hydrogen) atoms. The topological polar surface area (TPSA) is 71.3 Å². The Balaban J connectivity index is 1.14. The summed E-state index contributed by atoms with van der Waals surface area (Å²) < 4.78 is 1.83. The lowest BCUT2D eigenvalue weighted by Gasteiger charge is -2.32. The van der Waals surface area contributed by atoms with Crippen molar-refractivity contribution in [2.75, 3.05) is 24.5 Å². The number of nitrogens with zero attached hydrogens (tertiary/aromatic N) is 5. The van der Waals surface area contributed by atoms with E-state index in [0.717, 1.165) is 43.0 Å². The standard InChI is InChI=1S/C26H27N5O2/c32-25(30-17-14-18-6-4-5-9-22(18)30)20-12-15-29(16-13-20)26(33)23-27-24(19-10-11-19)31(28-23)21-7-2-1-3-8-21/h1-9,19-20H,10-17H2. The smallest absolute Gasteiger partial charge is 0.293 e. The lowest BCUT2D eigenvalue weighted by molar-refractivity contribution is -0.123. The zero-order valence-electron chi connectivity index (χ0n) is 18.6. The Bertz CT molecular complexity index is 1190. The Morgan fingerprint density at radius 1 is 0.848 bits per heavy atom. The molecule has 2 fully saturated rings. The van der Waals surface area contributed by atoms with Gasteiger partial charge in [-0.25, -0.2) is 9.67 Å². The van der Waals surface area contributed by atoms with Crippen LogP contribution in [-0.4, -0.2) is 51.1 Å². The van der Waals surface area contributed by atoms with Gasteiger partial charge in [-0.3, -0.25) is 9.59 Å². The maximum atomic E-state index is 13.2. The van der Waals surface area contributed by atoms with Crippen LogP contribution in [-0.2, 0) is 11.2 Å². The molecular weight excluding hydrogens is 414 g/mol. The summed E-state index contributed by atoms with van der Waals surface area (Å²) in [6.07, 6.45) is 4.45. The molecule has 6 rings (SSSR count). The highest BCUT2D eigenvalue weighted by Gasteiger charge is 2.36. The fourth-order valence-corrected chi connectivity index (χ4v) is 5.04. The van der Waals surface area contributed by atoms with Gasteiger partial charge in [-0.05, 0) is 55.9 Å². The van der Waals surface area contributed by atoms with Gasteiger partial charge in [-0.1, -0.05) is 36.4 Å². The maximum absolute atomic E-state index is 13.2. The van der Waals surface area contributed by atoms with Gasteiger partial charge >= 0.3 is 0 Å². The molecule has 7 heteroatoms. The number of benzene rings is 2. The minimum absolute atomic E-state index is 0.0444. The first-order valence-electron chi connectivity index (χ1n) is 11.9. The van der Waals surface area contributed by atoms with Crippen LogP contribution in [0.1, 0.15) is 53.6 Å². The summed E-state index contributed by atoms with van der Waals surface area (Å²) in [5, 5.41) is 4.60. The molecule has 1 aromatic heterocycles. The molecule has 3 aliphatic rings. The summed E-state index contributed by atoms with van der Waals surface area (Å²) in [7, 11) is 0. The molecule has 2 aliphatic heterocycles. The summed E-state index contributed by atoms with van der Waals surface area (Å²) in [5.74, 6) is 1.53. The third-order valence-corrected chi connectivity index (χ3v) is 7.05. The Hall–Kier alpha value is -3.48. The third-order valence-electron chi connectivity index (χ3n) is 7.05. The van der Waals surface area contributed by atoms with Gasteiger partial charge in [0.15, 0.2) is 0 Å². The third kappa shape index (κ3) is 3.71. The number of likely N-dealkylation sites (tertiary alicyclic amines) is 1. The van der Waals surface area contributed by atoms with E-state index in [-0.39, 0.29) is 23.6 Å². The van der Waals surface area contributed by atoms with Gasteiger partial charge < -0.3 is 9.80 Å². The Morgan fingerprint density at radius 2 is 1.58 bits per heavy atom. The lowest BCUT2D eigenvalue weighted by atomic mass is 9.95. The summed E-state index contributed by atoms with van der Waals surface area (Å²) in [6.45, 7) is 1.87. The first-order chi connectivity index (χ1) is 16.2. The number of carbonyl (C=O) groups is 2. The number of anilines is 1. The Kier molecular flexibility index (Phi) is 4.97. The van der Waals surface area contributed by atoms with Crippen molar-refractivity contribution in [3.05, 3.63) is 71.8 Å².